The Labute approximate surface area is 163 Å². The van der Waals surface area contributed by atoms with Gasteiger partial charge in [-0.05, 0) is 54.4 Å². The van der Waals surface area contributed by atoms with Crippen LogP contribution in [0.2, 0.25) is 5.02 Å². The first kappa shape index (κ1) is 18.7. The average Bonchev–Trinajstić information content (AvgIpc) is 2.70. The minimum atomic E-state index is -0.245. The average molecular weight is 382 g/mol. The number of carbonyl (C=O) groups is 1. The van der Waals surface area contributed by atoms with E-state index >= 15 is 0 Å². The smallest absolute Gasteiger partial charge is 0.256 e. The van der Waals surface area contributed by atoms with Crippen LogP contribution in [-0.2, 0) is 6.42 Å². The molecule has 27 heavy (non-hydrogen) atoms. The number of rotatable bonds is 7. The molecule has 0 bridgehead atoms. The maximum atomic E-state index is 12.2. The molecule has 3 rings (SSSR count). The number of methoxy groups -OCH3 is 1. The first-order valence-corrected chi connectivity index (χ1v) is 8.91. The second-order valence-corrected chi connectivity index (χ2v) is 6.36. The third-order valence-electron chi connectivity index (χ3n) is 3.99. The molecule has 1 heterocycles. The molecule has 1 amide bonds. The van der Waals surface area contributed by atoms with Crippen molar-refractivity contribution < 1.29 is 9.53 Å². The van der Waals surface area contributed by atoms with Crippen molar-refractivity contribution in [1.29, 1.82) is 0 Å². The molecule has 0 radical (unpaired) electrons. The SMILES string of the molecule is COc1ccc(CCNc2ccc(NC(=O)c3cccc(Cl)c3)nc2)cc1. The number of anilines is 2. The van der Waals surface area contributed by atoms with Crippen molar-refractivity contribution in [2.45, 2.75) is 6.42 Å². The van der Waals surface area contributed by atoms with E-state index in [9.17, 15) is 4.79 Å². The van der Waals surface area contributed by atoms with Crippen LogP contribution in [0.25, 0.3) is 0 Å². The summed E-state index contributed by atoms with van der Waals surface area (Å²) in [6, 6.07) is 18.4. The van der Waals surface area contributed by atoms with Crippen molar-refractivity contribution in [2.75, 3.05) is 24.3 Å². The highest BCUT2D eigenvalue weighted by Crippen LogP contribution is 2.15. The number of hydrogen-bond donors (Lipinski definition) is 2. The van der Waals surface area contributed by atoms with Crippen LogP contribution in [0.4, 0.5) is 11.5 Å². The Morgan fingerprint density at radius 2 is 1.93 bits per heavy atom. The summed E-state index contributed by atoms with van der Waals surface area (Å²) >= 11 is 5.91. The van der Waals surface area contributed by atoms with Crippen LogP contribution in [0.3, 0.4) is 0 Å². The Balaban J connectivity index is 1.50. The third-order valence-corrected chi connectivity index (χ3v) is 4.23. The fraction of sp³-hybridized carbons (Fsp3) is 0.143. The summed E-state index contributed by atoms with van der Waals surface area (Å²) in [4.78, 5) is 16.5. The van der Waals surface area contributed by atoms with E-state index in [1.807, 2.05) is 30.3 Å². The Kier molecular flexibility index (Phi) is 6.28. The van der Waals surface area contributed by atoms with Gasteiger partial charge in [0.25, 0.3) is 5.91 Å². The molecule has 5 nitrogen and oxygen atoms in total. The number of ether oxygens (including phenoxy) is 1. The van der Waals surface area contributed by atoms with Gasteiger partial charge in [-0.15, -0.1) is 0 Å². The highest BCUT2D eigenvalue weighted by atomic mass is 35.5. The molecule has 0 saturated carbocycles. The lowest BCUT2D eigenvalue weighted by atomic mass is 10.1. The van der Waals surface area contributed by atoms with Crippen molar-refractivity contribution in [2.24, 2.45) is 0 Å². The molecule has 0 aliphatic rings. The molecular formula is C21H20ClN3O2. The van der Waals surface area contributed by atoms with E-state index in [0.717, 1.165) is 24.4 Å². The number of aromatic nitrogens is 1. The van der Waals surface area contributed by atoms with Gasteiger partial charge in [0.2, 0.25) is 0 Å². The van der Waals surface area contributed by atoms with Gasteiger partial charge in [0.05, 0.1) is 19.0 Å². The molecule has 1 aromatic heterocycles. The summed E-state index contributed by atoms with van der Waals surface area (Å²) < 4.78 is 5.16. The maximum Gasteiger partial charge on any atom is 0.256 e. The molecule has 0 spiro atoms. The van der Waals surface area contributed by atoms with E-state index in [1.54, 1.807) is 43.6 Å². The molecule has 0 aliphatic heterocycles. The van der Waals surface area contributed by atoms with E-state index in [2.05, 4.69) is 15.6 Å². The summed E-state index contributed by atoms with van der Waals surface area (Å²) in [7, 11) is 1.66. The number of amides is 1. The van der Waals surface area contributed by atoms with Crippen LogP contribution in [0.5, 0.6) is 5.75 Å². The summed E-state index contributed by atoms with van der Waals surface area (Å²) in [5.41, 5.74) is 2.61. The molecular weight excluding hydrogens is 362 g/mol. The van der Waals surface area contributed by atoms with E-state index in [-0.39, 0.29) is 5.91 Å². The Hall–Kier alpha value is -3.05. The largest absolute Gasteiger partial charge is 0.497 e. The molecule has 6 heteroatoms. The standard InChI is InChI=1S/C21H20ClN3O2/c1-27-19-8-5-15(6-9-19)11-12-23-18-7-10-20(24-14-18)25-21(26)16-3-2-4-17(22)13-16/h2-10,13-14,23H,11-12H2,1H3,(H,24,25,26). The summed E-state index contributed by atoms with van der Waals surface area (Å²) in [6.07, 6.45) is 2.58. The van der Waals surface area contributed by atoms with E-state index in [0.29, 0.717) is 16.4 Å². The maximum absolute atomic E-state index is 12.2. The van der Waals surface area contributed by atoms with E-state index < -0.39 is 0 Å². The lowest BCUT2D eigenvalue weighted by molar-refractivity contribution is 0.102. The summed E-state index contributed by atoms with van der Waals surface area (Å²) in [5.74, 6) is 1.09. The Morgan fingerprint density at radius 1 is 1.11 bits per heavy atom. The first-order chi connectivity index (χ1) is 13.1. The van der Waals surface area contributed by atoms with Crippen LogP contribution in [0.1, 0.15) is 15.9 Å². The highest BCUT2D eigenvalue weighted by Gasteiger charge is 2.07. The lowest BCUT2D eigenvalue weighted by Gasteiger charge is -2.09. The number of pyridine rings is 1. The van der Waals surface area contributed by atoms with Gasteiger partial charge in [-0.3, -0.25) is 4.79 Å². The van der Waals surface area contributed by atoms with Gasteiger partial charge in [0, 0.05) is 17.1 Å². The normalized spacial score (nSPS) is 10.3. The van der Waals surface area contributed by atoms with Crippen molar-refractivity contribution in [3.8, 4) is 5.75 Å². The van der Waals surface area contributed by atoms with Crippen molar-refractivity contribution >= 4 is 29.0 Å². The van der Waals surface area contributed by atoms with Gasteiger partial charge in [-0.25, -0.2) is 4.98 Å². The van der Waals surface area contributed by atoms with Crippen molar-refractivity contribution in [1.82, 2.24) is 4.98 Å². The molecule has 138 valence electrons. The van der Waals surface area contributed by atoms with Crippen LogP contribution in [0.15, 0.2) is 66.9 Å². The second kappa shape index (κ2) is 9.05. The van der Waals surface area contributed by atoms with Crippen LogP contribution < -0.4 is 15.4 Å². The van der Waals surface area contributed by atoms with Gasteiger partial charge in [-0.1, -0.05) is 29.8 Å². The first-order valence-electron chi connectivity index (χ1n) is 8.54. The molecule has 0 saturated heterocycles. The molecule has 3 aromatic rings. The van der Waals surface area contributed by atoms with Crippen LogP contribution >= 0.6 is 11.6 Å². The molecule has 0 atom stereocenters. The number of halogens is 1. The fourth-order valence-electron chi connectivity index (χ4n) is 2.53. The minimum Gasteiger partial charge on any atom is -0.497 e. The fourth-order valence-corrected chi connectivity index (χ4v) is 2.72. The van der Waals surface area contributed by atoms with Crippen LogP contribution in [-0.4, -0.2) is 24.5 Å². The Morgan fingerprint density at radius 3 is 2.59 bits per heavy atom. The zero-order chi connectivity index (χ0) is 19.1. The molecule has 0 unspecified atom stereocenters. The molecule has 2 aromatic carbocycles. The Bertz CT molecular complexity index is 896. The molecule has 2 N–H and O–H groups in total. The third kappa shape index (κ3) is 5.46. The quantitative estimate of drug-likeness (QED) is 0.625. The van der Waals surface area contributed by atoms with Gasteiger partial charge in [-0.2, -0.15) is 0 Å². The van der Waals surface area contributed by atoms with Gasteiger partial charge in [0.1, 0.15) is 11.6 Å². The lowest BCUT2D eigenvalue weighted by Crippen LogP contribution is -2.13. The predicted molar refractivity (Wildman–Crippen MR) is 109 cm³/mol. The van der Waals surface area contributed by atoms with Gasteiger partial charge in [0.15, 0.2) is 0 Å². The van der Waals surface area contributed by atoms with Gasteiger partial charge < -0.3 is 15.4 Å². The monoisotopic (exact) mass is 381 g/mol. The van der Waals surface area contributed by atoms with Crippen molar-refractivity contribution in [3.05, 3.63) is 83.0 Å². The molecule has 0 fully saturated rings. The number of nitrogens with zero attached hydrogens (tertiary/aromatic N) is 1. The number of hydrogen-bond acceptors (Lipinski definition) is 4. The van der Waals surface area contributed by atoms with E-state index in [4.69, 9.17) is 16.3 Å². The number of benzene rings is 2. The predicted octanol–water partition coefficient (Wildman–Crippen LogP) is 4.65. The van der Waals surface area contributed by atoms with Crippen molar-refractivity contribution in [3.63, 3.8) is 0 Å². The topological polar surface area (TPSA) is 63.2 Å². The zero-order valence-corrected chi connectivity index (χ0v) is 15.7. The van der Waals surface area contributed by atoms with Crippen LogP contribution in [0, 0.1) is 0 Å². The second-order valence-electron chi connectivity index (χ2n) is 5.92. The number of nitrogens with one attached hydrogen (secondary N) is 2. The summed E-state index contributed by atoms with van der Waals surface area (Å²) in [5, 5.41) is 6.59. The highest BCUT2D eigenvalue weighted by molar-refractivity contribution is 6.31. The van der Waals surface area contributed by atoms with E-state index in [1.165, 1.54) is 5.56 Å². The summed E-state index contributed by atoms with van der Waals surface area (Å²) in [6.45, 7) is 0.780. The number of carbonyl (C=O) groups excluding carboxylic acids is 1. The molecule has 0 aliphatic carbocycles. The minimum absolute atomic E-state index is 0.245. The van der Waals surface area contributed by atoms with Gasteiger partial charge >= 0.3 is 0 Å². The zero-order valence-electron chi connectivity index (χ0n) is 14.9.